The summed E-state index contributed by atoms with van der Waals surface area (Å²) in [6.45, 7) is 3.98. The molecule has 0 spiro atoms. The lowest BCUT2D eigenvalue weighted by atomic mass is 10.1. The molecule has 0 fully saturated rings. The maximum Gasteiger partial charge on any atom is 0.322 e. The van der Waals surface area contributed by atoms with Gasteiger partial charge in [0.1, 0.15) is 6.04 Å². The van der Waals surface area contributed by atoms with Gasteiger partial charge in [-0.05, 0) is 25.8 Å². The first kappa shape index (κ1) is 19.0. The van der Waals surface area contributed by atoms with E-state index < -0.39 is 11.0 Å². The van der Waals surface area contributed by atoms with Crippen LogP contribution in [0.4, 0.5) is 5.69 Å². The van der Waals surface area contributed by atoms with Gasteiger partial charge < -0.3 is 4.74 Å². The lowest BCUT2D eigenvalue weighted by Gasteiger charge is -2.21. The molecule has 1 rings (SSSR count). The zero-order valence-electron chi connectivity index (χ0n) is 13.5. The van der Waals surface area contributed by atoms with Crippen LogP contribution >= 0.6 is 0 Å². The Balaban J connectivity index is 2.69. The standard InChI is InChI=1S/C15H22N2O6/c1-4-22-15(18)11(2)16-13(10-23-21-3)9-12-5-7-14(8-6-12)17(19)20/h5-8,11,13,16H,4,9-10H2,1-3H3/t11-,13-/m0/s1. The molecule has 128 valence electrons. The van der Waals surface area contributed by atoms with Crippen molar-refractivity contribution in [2.45, 2.75) is 32.4 Å². The molecule has 1 aromatic rings. The number of ether oxygens (including phenoxy) is 1. The summed E-state index contributed by atoms with van der Waals surface area (Å²) in [6.07, 6.45) is 0.519. The molecule has 2 atom stereocenters. The number of nitrogens with one attached hydrogen (secondary N) is 1. The highest BCUT2D eigenvalue weighted by molar-refractivity contribution is 5.75. The molecule has 0 aliphatic rings. The Bertz CT molecular complexity index is 505. The summed E-state index contributed by atoms with van der Waals surface area (Å²) in [5.74, 6) is -0.349. The Labute approximate surface area is 134 Å². The van der Waals surface area contributed by atoms with Crippen LogP contribution in [0.15, 0.2) is 24.3 Å². The van der Waals surface area contributed by atoms with Crippen LogP contribution in [0.3, 0.4) is 0 Å². The Morgan fingerprint density at radius 3 is 2.52 bits per heavy atom. The number of carbonyl (C=O) groups is 1. The summed E-state index contributed by atoms with van der Waals surface area (Å²) in [4.78, 5) is 31.5. The number of benzene rings is 1. The number of carbonyl (C=O) groups excluding carboxylic acids is 1. The van der Waals surface area contributed by atoms with Crippen molar-refractivity contribution in [2.24, 2.45) is 0 Å². The van der Waals surface area contributed by atoms with Gasteiger partial charge in [0.15, 0.2) is 0 Å². The van der Waals surface area contributed by atoms with Crippen molar-refractivity contribution in [3.8, 4) is 0 Å². The van der Waals surface area contributed by atoms with Gasteiger partial charge in [0, 0.05) is 18.2 Å². The van der Waals surface area contributed by atoms with Crippen molar-refractivity contribution in [3.05, 3.63) is 39.9 Å². The molecule has 0 aliphatic carbocycles. The molecule has 0 aliphatic heterocycles. The normalized spacial score (nSPS) is 13.3. The zero-order chi connectivity index (χ0) is 17.2. The van der Waals surface area contributed by atoms with Gasteiger partial charge in [-0.25, -0.2) is 9.78 Å². The molecule has 8 heteroatoms. The molecule has 0 bridgehead atoms. The van der Waals surface area contributed by atoms with Gasteiger partial charge in [-0.3, -0.25) is 20.2 Å². The number of rotatable bonds is 10. The van der Waals surface area contributed by atoms with Crippen molar-refractivity contribution >= 4 is 11.7 Å². The molecule has 23 heavy (non-hydrogen) atoms. The van der Waals surface area contributed by atoms with Crippen molar-refractivity contribution in [1.82, 2.24) is 5.32 Å². The Kier molecular flexibility index (Phi) is 8.17. The largest absolute Gasteiger partial charge is 0.465 e. The number of nitro benzene ring substituents is 1. The number of non-ortho nitro benzene ring substituents is 1. The predicted molar refractivity (Wildman–Crippen MR) is 82.8 cm³/mol. The molecular formula is C15H22N2O6. The molecule has 1 N–H and O–H groups in total. The third-order valence-electron chi connectivity index (χ3n) is 3.14. The zero-order valence-corrected chi connectivity index (χ0v) is 13.5. The van der Waals surface area contributed by atoms with E-state index in [1.807, 2.05) is 0 Å². The quantitative estimate of drug-likeness (QED) is 0.302. The van der Waals surface area contributed by atoms with Gasteiger partial charge in [-0.1, -0.05) is 12.1 Å². The molecule has 8 nitrogen and oxygen atoms in total. The second-order valence-electron chi connectivity index (χ2n) is 4.92. The van der Waals surface area contributed by atoms with Crippen LogP contribution in [0.2, 0.25) is 0 Å². The number of esters is 1. The highest BCUT2D eigenvalue weighted by Crippen LogP contribution is 2.13. The Morgan fingerprint density at radius 2 is 2.00 bits per heavy atom. The summed E-state index contributed by atoms with van der Waals surface area (Å²) in [5, 5.41) is 13.8. The van der Waals surface area contributed by atoms with Gasteiger partial charge >= 0.3 is 5.97 Å². The van der Waals surface area contributed by atoms with E-state index in [0.29, 0.717) is 13.0 Å². The monoisotopic (exact) mass is 326 g/mol. The Morgan fingerprint density at radius 1 is 1.35 bits per heavy atom. The van der Waals surface area contributed by atoms with Gasteiger partial charge in [0.05, 0.1) is 25.2 Å². The maximum absolute atomic E-state index is 11.7. The van der Waals surface area contributed by atoms with Crippen molar-refractivity contribution in [2.75, 3.05) is 20.3 Å². The number of hydrogen-bond acceptors (Lipinski definition) is 7. The molecule has 0 aromatic heterocycles. The fraction of sp³-hybridized carbons (Fsp3) is 0.533. The lowest BCUT2D eigenvalue weighted by Crippen LogP contribution is -2.45. The van der Waals surface area contributed by atoms with Gasteiger partial charge in [-0.15, -0.1) is 0 Å². The fourth-order valence-corrected chi connectivity index (χ4v) is 2.04. The highest BCUT2D eigenvalue weighted by Gasteiger charge is 2.20. The smallest absolute Gasteiger partial charge is 0.322 e. The van der Waals surface area contributed by atoms with Crippen LogP contribution in [0.25, 0.3) is 0 Å². The fourth-order valence-electron chi connectivity index (χ4n) is 2.04. The van der Waals surface area contributed by atoms with Gasteiger partial charge in [-0.2, -0.15) is 0 Å². The van der Waals surface area contributed by atoms with E-state index in [2.05, 4.69) is 10.2 Å². The summed E-state index contributed by atoms with van der Waals surface area (Å²) >= 11 is 0. The average molecular weight is 326 g/mol. The van der Waals surface area contributed by atoms with Crippen LogP contribution in [0, 0.1) is 10.1 Å². The third-order valence-corrected chi connectivity index (χ3v) is 3.14. The van der Waals surface area contributed by atoms with Crippen LogP contribution in [0.1, 0.15) is 19.4 Å². The summed E-state index contributed by atoms with van der Waals surface area (Å²) < 4.78 is 4.95. The summed E-state index contributed by atoms with van der Waals surface area (Å²) in [6, 6.07) is 5.52. The second kappa shape index (κ2) is 9.88. The average Bonchev–Trinajstić information content (AvgIpc) is 2.53. The van der Waals surface area contributed by atoms with E-state index in [0.717, 1.165) is 5.56 Å². The minimum absolute atomic E-state index is 0.0336. The molecule has 0 radical (unpaired) electrons. The first-order valence-corrected chi connectivity index (χ1v) is 7.29. The van der Waals surface area contributed by atoms with E-state index in [1.54, 1.807) is 26.0 Å². The van der Waals surface area contributed by atoms with E-state index in [1.165, 1.54) is 19.2 Å². The van der Waals surface area contributed by atoms with Crippen LogP contribution in [0.5, 0.6) is 0 Å². The molecule has 0 amide bonds. The van der Waals surface area contributed by atoms with E-state index >= 15 is 0 Å². The molecular weight excluding hydrogens is 304 g/mol. The van der Waals surface area contributed by atoms with E-state index in [9.17, 15) is 14.9 Å². The van der Waals surface area contributed by atoms with E-state index in [4.69, 9.17) is 9.62 Å². The first-order valence-electron chi connectivity index (χ1n) is 7.29. The third kappa shape index (κ3) is 6.72. The molecule has 0 saturated carbocycles. The lowest BCUT2D eigenvalue weighted by molar-refractivity contribution is -0.384. The molecule has 0 unspecified atom stereocenters. The summed E-state index contributed by atoms with van der Waals surface area (Å²) in [5.41, 5.74) is 0.912. The van der Waals surface area contributed by atoms with Crippen LogP contribution in [-0.2, 0) is 25.7 Å². The van der Waals surface area contributed by atoms with Crippen LogP contribution in [-0.4, -0.2) is 43.3 Å². The van der Waals surface area contributed by atoms with Crippen molar-refractivity contribution < 1.29 is 24.2 Å². The van der Waals surface area contributed by atoms with Gasteiger partial charge in [0.2, 0.25) is 0 Å². The summed E-state index contributed by atoms with van der Waals surface area (Å²) in [7, 11) is 1.40. The highest BCUT2D eigenvalue weighted by atomic mass is 17.2. The van der Waals surface area contributed by atoms with Crippen LogP contribution < -0.4 is 5.32 Å². The molecule has 0 heterocycles. The predicted octanol–water partition coefficient (Wildman–Crippen LogP) is 1.63. The molecule has 0 saturated heterocycles. The Hall–Kier alpha value is -2.03. The minimum Gasteiger partial charge on any atom is -0.465 e. The second-order valence-corrected chi connectivity index (χ2v) is 4.92. The van der Waals surface area contributed by atoms with Crippen molar-refractivity contribution in [1.29, 1.82) is 0 Å². The SMILES string of the molecule is CCOC(=O)[C@H](C)N[C@H](COOC)Cc1ccc([N+](=O)[O-])cc1. The first-order chi connectivity index (χ1) is 11.0. The molecule has 1 aromatic carbocycles. The number of nitro groups is 1. The number of hydrogen-bond donors (Lipinski definition) is 1. The maximum atomic E-state index is 11.7. The number of nitrogens with zero attached hydrogens (tertiary/aromatic N) is 1. The van der Waals surface area contributed by atoms with E-state index in [-0.39, 0.29) is 24.3 Å². The van der Waals surface area contributed by atoms with Crippen molar-refractivity contribution in [3.63, 3.8) is 0 Å². The van der Waals surface area contributed by atoms with Gasteiger partial charge in [0.25, 0.3) is 5.69 Å². The minimum atomic E-state index is -0.501. The topological polar surface area (TPSA) is 99.9 Å².